The molecule has 2 rings (SSSR count). The first-order chi connectivity index (χ1) is 8.74. The zero-order chi connectivity index (χ0) is 13.0. The Bertz CT molecular complexity index is 499. The molecule has 0 bridgehead atoms. The molecule has 1 saturated heterocycles. The molecule has 0 aromatic carbocycles. The van der Waals surface area contributed by atoms with Crippen LogP contribution in [0.25, 0.3) is 10.4 Å². The summed E-state index contributed by atoms with van der Waals surface area (Å²) in [6.07, 6.45) is 3.34. The van der Waals surface area contributed by atoms with Crippen molar-refractivity contribution in [2.75, 3.05) is 25.1 Å². The highest BCUT2D eigenvalue weighted by molar-refractivity contribution is 5.94. The standard InChI is InChI=1S/C10H12N6O2/c1-18-9-5-12-4-8(14-9)16-6-7(2-10(16)17)3-13-15-11/h4-5,7H,2-3,6H2,1H3. The molecule has 1 aliphatic heterocycles. The van der Waals surface area contributed by atoms with Gasteiger partial charge in [0.1, 0.15) is 0 Å². The number of ether oxygens (including phenoxy) is 1. The molecule has 8 heteroatoms. The largest absolute Gasteiger partial charge is 0.480 e. The third-order valence-corrected chi connectivity index (χ3v) is 2.69. The summed E-state index contributed by atoms with van der Waals surface area (Å²) >= 11 is 0. The number of amides is 1. The molecule has 1 fully saturated rings. The van der Waals surface area contributed by atoms with Crippen molar-refractivity contribution < 1.29 is 9.53 Å². The smallest absolute Gasteiger partial charge is 0.234 e. The molecule has 94 valence electrons. The molecular formula is C10H12N6O2. The van der Waals surface area contributed by atoms with Gasteiger partial charge >= 0.3 is 0 Å². The van der Waals surface area contributed by atoms with Crippen molar-refractivity contribution in [3.63, 3.8) is 0 Å². The Balaban J connectivity index is 2.13. The normalized spacial score (nSPS) is 18.6. The van der Waals surface area contributed by atoms with Crippen LogP contribution < -0.4 is 9.64 Å². The molecule has 1 aromatic heterocycles. The second-order valence-electron chi connectivity index (χ2n) is 3.91. The SMILES string of the molecule is COc1cncc(N2CC(CN=[N+]=[N-])CC2=O)n1. The molecule has 1 aromatic rings. The van der Waals surface area contributed by atoms with E-state index in [1.165, 1.54) is 24.4 Å². The van der Waals surface area contributed by atoms with Gasteiger partial charge in [-0.15, -0.1) is 0 Å². The van der Waals surface area contributed by atoms with Crippen molar-refractivity contribution in [3.8, 4) is 5.88 Å². The highest BCUT2D eigenvalue weighted by Crippen LogP contribution is 2.24. The molecule has 1 aliphatic rings. The van der Waals surface area contributed by atoms with E-state index in [1.54, 1.807) is 0 Å². The van der Waals surface area contributed by atoms with Gasteiger partial charge in [0.15, 0.2) is 5.82 Å². The van der Waals surface area contributed by atoms with E-state index in [4.69, 9.17) is 10.3 Å². The van der Waals surface area contributed by atoms with E-state index in [0.717, 1.165) is 0 Å². The summed E-state index contributed by atoms with van der Waals surface area (Å²) in [5.74, 6) is 0.804. The molecule has 2 heterocycles. The summed E-state index contributed by atoms with van der Waals surface area (Å²) in [5, 5.41) is 3.49. The average Bonchev–Trinajstić information content (AvgIpc) is 2.77. The van der Waals surface area contributed by atoms with E-state index in [-0.39, 0.29) is 11.8 Å². The lowest BCUT2D eigenvalue weighted by molar-refractivity contribution is -0.117. The highest BCUT2D eigenvalue weighted by Gasteiger charge is 2.31. The van der Waals surface area contributed by atoms with Crippen LogP contribution in [0.15, 0.2) is 17.5 Å². The molecule has 18 heavy (non-hydrogen) atoms. The number of methoxy groups -OCH3 is 1. The Morgan fingerprint density at radius 1 is 1.67 bits per heavy atom. The van der Waals surface area contributed by atoms with Crippen molar-refractivity contribution in [1.82, 2.24) is 9.97 Å². The lowest BCUT2D eigenvalue weighted by Gasteiger charge is -2.15. The summed E-state index contributed by atoms with van der Waals surface area (Å²) in [7, 11) is 1.49. The van der Waals surface area contributed by atoms with E-state index in [0.29, 0.717) is 31.2 Å². The minimum absolute atomic E-state index is 0.0291. The molecule has 0 spiro atoms. The Morgan fingerprint density at radius 3 is 3.22 bits per heavy atom. The summed E-state index contributed by atoms with van der Waals surface area (Å²) in [5.41, 5.74) is 8.26. The fourth-order valence-electron chi connectivity index (χ4n) is 1.84. The molecule has 0 saturated carbocycles. The van der Waals surface area contributed by atoms with Gasteiger partial charge in [-0.25, -0.2) is 0 Å². The molecule has 1 amide bonds. The van der Waals surface area contributed by atoms with E-state index < -0.39 is 0 Å². The maximum Gasteiger partial charge on any atom is 0.234 e. The van der Waals surface area contributed by atoms with E-state index in [2.05, 4.69) is 20.0 Å². The Kier molecular flexibility index (Phi) is 3.59. The van der Waals surface area contributed by atoms with Gasteiger partial charge in [0, 0.05) is 24.4 Å². The average molecular weight is 248 g/mol. The number of rotatable bonds is 4. The first kappa shape index (κ1) is 12.1. The molecule has 0 radical (unpaired) electrons. The predicted molar refractivity (Wildman–Crippen MR) is 63.1 cm³/mol. The molecule has 0 aliphatic carbocycles. The molecular weight excluding hydrogens is 236 g/mol. The van der Waals surface area contributed by atoms with Gasteiger partial charge in [-0.1, -0.05) is 5.11 Å². The number of hydrogen-bond donors (Lipinski definition) is 0. The Hall–Kier alpha value is -2.34. The predicted octanol–water partition coefficient (Wildman–Crippen LogP) is 1.15. The van der Waals surface area contributed by atoms with Crippen molar-refractivity contribution in [2.24, 2.45) is 11.0 Å². The van der Waals surface area contributed by atoms with Crippen LogP contribution in [-0.2, 0) is 4.79 Å². The molecule has 0 N–H and O–H groups in total. The second kappa shape index (κ2) is 5.33. The van der Waals surface area contributed by atoms with Crippen LogP contribution in [0.1, 0.15) is 6.42 Å². The first-order valence-corrected chi connectivity index (χ1v) is 5.42. The number of anilines is 1. The maximum absolute atomic E-state index is 11.8. The minimum atomic E-state index is -0.0457. The number of azide groups is 1. The lowest BCUT2D eigenvalue weighted by atomic mass is 10.1. The monoisotopic (exact) mass is 248 g/mol. The van der Waals surface area contributed by atoms with Crippen LogP contribution in [0.2, 0.25) is 0 Å². The molecule has 1 atom stereocenters. The summed E-state index contributed by atoms with van der Waals surface area (Å²) < 4.78 is 4.96. The zero-order valence-electron chi connectivity index (χ0n) is 9.85. The third-order valence-electron chi connectivity index (χ3n) is 2.69. The zero-order valence-corrected chi connectivity index (χ0v) is 9.85. The van der Waals surface area contributed by atoms with E-state index in [9.17, 15) is 4.79 Å². The van der Waals surface area contributed by atoms with Gasteiger partial charge in [-0.3, -0.25) is 14.7 Å². The number of carbonyl (C=O) groups excluding carboxylic acids is 1. The second-order valence-corrected chi connectivity index (χ2v) is 3.91. The van der Waals surface area contributed by atoms with Crippen LogP contribution in [0.5, 0.6) is 5.88 Å². The van der Waals surface area contributed by atoms with Gasteiger partial charge < -0.3 is 4.74 Å². The summed E-state index contributed by atoms with van der Waals surface area (Å²) in [6.45, 7) is 0.801. The fraction of sp³-hybridized carbons (Fsp3) is 0.500. The van der Waals surface area contributed by atoms with Crippen molar-refractivity contribution >= 4 is 11.7 Å². The highest BCUT2D eigenvalue weighted by atomic mass is 16.5. The van der Waals surface area contributed by atoms with Gasteiger partial charge in [0.2, 0.25) is 11.8 Å². The topological polar surface area (TPSA) is 104 Å². The van der Waals surface area contributed by atoms with Crippen LogP contribution in [0.3, 0.4) is 0 Å². The third kappa shape index (κ3) is 2.49. The van der Waals surface area contributed by atoms with Crippen LogP contribution >= 0.6 is 0 Å². The van der Waals surface area contributed by atoms with Crippen molar-refractivity contribution in [1.29, 1.82) is 0 Å². The fourth-order valence-corrected chi connectivity index (χ4v) is 1.84. The van der Waals surface area contributed by atoms with Gasteiger partial charge in [0.25, 0.3) is 0 Å². The van der Waals surface area contributed by atoms with E-state index >= 15 is 0 Å². The maximum atomic E-state index is 11.8. The minimum Gasteiger partial charge on any atom is -0.480 e. The number of nitrogens with zero attached hydrogens (tertiary/aromatic N) is 6. The van der Waals surface area contributed by atoms with Crippen molar-refractivity contribution in [3.05, 3.63) is 22.8 Å². The Labute approximate surface area is 103 Å². The van der Waals surface area contributed by atoms with Crippen molar-refractivity contribution in [2.45, 2.75) is 6.42 Å². The number of carbonyl (C=O) groups is 1. The quantitative estimate of drug-likeness (QED) is 0.452. The lowest BCUT2D eigenvalue weighted by Crippen LogP contribution is -2.26. The first-order valence-electron chi connectivity index (χ1n) is 5.42. The Morgan fingerprint density at radius 2 is 2.50 bits per heavy atom. The number of hydrogen-bond acceptors (Lipinski definition) is 5. The van der Waals surface area contributed by atoms with Crippen LogP contribution in [0, 0.1) is 5.92 Å². The van der Waals surface area contributed by atoms with Crippen LogP contribution in [0.4, 0.5) is 5.82 Å². The number of aromatic nitrogens is 2. The van der Waals surface area contributed by atoms with E-state index in [1.807, 2.05) is 0 Å². The van der Waals surface area contributed by atoms with Crippen LogP contribution in [-0.4, -0.2) is 36.1 Å². The van der Waals surface area contributed by atoms with Gasteiger partial charge in [-0.05, 0) is 11.4 Å². The summed E-state index contributed by atoms with van der Waals surface area (Å²) in [4.78, 5) is 24.2. The van der Waals surface area contributed by atoms with Gasteiger partial charge in [-0.2, -0.15) is 4.98 Å². The molecule has 1 unspecified atom stereocenters. The molecule has 8 nitrogen and oxygen atoms in total. The summed E-state index contributed by atoms with van der Waals surface area (Å²) in [6, 6.07) is 0. The van der Waals surface area contributed by atoms with Gasteiger partial charge in [0.05, 0.1) is 19.5 Å².